The molecule has 1 unspecified atom stereocenters. The number of esters is 1. The Morgan fingerprint density at radius 1 is 1.36 bits per heavy atom. The first kappa shape index (κ1) is 16.4. The van der Waals surface area contributed by atoms with Gasteiger partial charge in [0, 0.05) is 12.1 Å². The standard InChI is InChI=1S/C15H17NO5S/c1-2-21-14(17)10-13-12(11-6-4-3-5-7-11)8-9-16(15(13)18)22(19)20/h3-9,12-13H,2,10H2,1H3,(H,19,20)/p-1/t12-,13+/m0/s1. The fourth-order valence-electron chi connectivity index (χ4n) is 2.45. The largest absolute Gasteiger partial charge is 0.755 e. The van der Waals surface area contributed by atoms with Gasteiger partial charge in [0.25, 0.3) is 0 Å². The van der Waals surface area contributed by atoms with Crippen LogP contribution in [0.25, 0.3) is 0 Å². The van der Waals surface area contributed by atoms with E-state index in [9.17, 15) is 18.4 Å². The summed E-state index contributed by atoms with van der Waals surface area (Å²) in [6, 6.07) is 9.17. The summed E-state index contributed by atoms with van der Waals surface area (Å²) in [6.07, 6.45) is 2.69. The van der Waals surface area contributed by atoms with Gasteiger partial charge < -0.3 is 9.29 Å². The van der Waals surface area contributed by atoms with Crippen LogP contribution in [0, 0.1) is 5.92 Å². The molecule has 1 aliphatic heterocycles. The Hall–Kier alpha value is -1.99. The van der Waals surface area contributed by atoms with Crippen molar-refractivity contribution in [2.24, 2.45) is 5.92 Å². The molecule has 118 valence electrons. The second kappa shape index (κ2) is 7.33. The molecule has 1 heterocycles. The number of nitrogens with zero attached hydrogens (tertiary/aromatic N) is 1. The van der Waals surface area contributed by atoms with Gasteiger partial charge in [-0.2, -0.15) is 0 Å². The van der Waals surface area contributed by atoms with Crippen molar-refractivity contribution in [3.63, 3.8) is 0 Å². The SMILES string of the molecule is CCOC(=O)C[C@H]1C(=O)N(S(=O)[O-])C=C[C@H]1c1ccccc1. The maximum Gasteiger partial charge on any atom is 0.306 e. The molecule has 6 nitrogen and oxygen atoms in total. The summed E-state index contributed by atoms with van der Waals surface area (Å²) in [4.78, 5) is 24.1. The Labute approximate surface area is 131 Å². The number of benzene rings is 1. The molecule has 1 aromatic rings. The van der Waals surface area contributed by atoms with Gasteiger partial charge in [-0.25, -0.2) is 4.31 Å². The van der Waals surface area contributed by atoms with Crippen molar-refractivity contribution < 1.29 is 23.1 Å². The molecule has 0 fully saturated rings. The van der Waals surface area contributed by atoms with Gasteiger partial charge in [0.05, 0.1) is 30.2 Å². The highest BCUT2D eigenvalue weighted by atomic mass is 32.2. The molecule has 0 saturated heterocycles. The zero-order valence-corrected chi connectivity index (χ0v) is 12.8. The van der Waals surface area contributed by atoms with E-state index in [0.29, 0.717) is 4.31 Å². The van der Waals surface area contributed by atoms with Crippen molar-refractivity contribution in [3.8, 4) is 0 Å². The highest BCUT2D eigenvalue weighted by Crippen LogP contribution is 2.34. The highest BCUT2D eigenvalue weighted by molar-refractivity contribution is 7.77. The Kier molecular flexibility index (Phi) is 5.46. The van der Waals surface area contributed by atoms with E-state index in [0.717, 1.165) is 5.56 Å². The van der Waals surface area contributed by atoms with Crippen molar-refractivity contribution in [1.82, 2.24) is 4.31 Å². The molecule has 0 N–H and O–H groups in total. The molecule has 1 aliphatic rings. The van der Waals surface area contributed by atoms with Gasteiger partial charge in [-0.05, 0) is 12.5 Å². The molecule has 3 atom stereocenters. The predicted molar refractivity (Wildman–Crippen MR) is 78.8 cm³/mol. The van der Waals surface area contributed by atoms with E-state index in [2.05, 4.69) is 0 Å². The van der Waals surface area contributed by atoms with E-state index in [1.165, 1.54) is 6.20 Å². The van der Waals surface area contributed by atoms with Crippen LogP contribution in [0.15, 0.2) is 42.6 Å². The van der Waals surface area contributed by atoms with Crippen LogP contribution in [-0.2, 0) is 25.6 Å². The van der Waals surface area contributed by atoms with Crippen molar-refractivity contribution in [2.75, 3.05) is 6.61 Å². The number of carbonyl (C=O) groups excluding carboxylic acids is 2. The monoisotopic (exact) mass is 322 g/mol. The number of hydrogen-bond donors (Lipinski definition) is 0. The Morgan fingerprint density at radius 3 is 2.64 bits per heavy atom. The number of carbonyl (C=O) groups is 2. The third-order valence-corrected chi connectivity index (χ3v) is 4.06. The molecule has 0 bridgehead atoms. The predicted octanol–water partition coefficient (Wildman–Crippen LogP) is 1.49. The number of amides is 1. The van der Waals surface area contributed by atoms with E-state index in [1.54, 1.807) is 13.0 Å². The lowest BCUT2D eigenvalue weighted by Gasteiger charge is -2.33. The van der Waals surface area contributed by atoms with E-state index < -0.39 is 29.1 Å². The fraction of sp³-hybridized carbons (Fsp3) is 0.333. The van der Waals surface area contributed by atoms with Crippen LogP contribution in [0.4, 0.5) is 0 Å². The Bertz CT molecular complexity index is 601. The van der Waals surface area contributed by atoms with Crippen LogP contribution < -0.4 is 0 Å². The first-order valence-corrected chi connectivity index (χ1v) is 7.89. The number of ether oxygens (including phenoxy) is 1. The lowest BCUT2D eigenvalue weighted by molar-refractivity contribution is -0.147. The molecule has 0 aliphatic carbocycles. The molecule has 7 heteroatoms. The maximum atomic E-state index is 12.4. The zero-order chi connectivity index (χ0) is 16.1. The van der Waals surface area contributed by atoms with Crippen molar-refractivity contribution >= 4 is 23.1 Å². The average Bonchev–Trinajstić information content (AvgIpc) is 2.50. The minimum Gasteiger partial charge on any atom is -0.755 e. The quantitative estimate of drug-likeness (QED) is 0.605. The smallest absolute Gasteiger partial charge is 0.306 e. The average molecular weight is 322 g/mol. The summed E-state index contributed by atoms with van der Waals surface area (Å²) in [6.45, 7) is 1.89. The number of rotatable bonds is 5. The van der Waals surface area contributed by atoms with Gasteiger partial charge in [0.2, 0.25) is 5.91 Å². The minimum absolute atomic E-state index is 0.162. The fourth-order valence-corrected chi connectivity index (χ4v) is 2.90. The van der Waals surface area contributed by atoms with Gasteiger partial charge >= 0.3 is 5.97 Å². The number of allylic oxidation sites excluding steroid dienone is 1. The lowest BCUT2D eigenvalue weighted by atomic mass is 9.82. The van der Waals surface area contributed by atoms with Crippen LogP contribution in [0.1, 0.15) is 24.8 Å². The first-order valence-electron chi connectivity index (χ1n) is 6.86. The maximum absolute atomic E-state index is 12.4. The van der Waals surface area contributed by atoms with Gasteiger partial charge in [0.15, 0.2) is 0 Å². The van der Waals surface area contributed by atoms with Crippen molar-refractivity contribution in [1.29, 1.82) is 0 Å². The van der Waals surface area contributed by atoms with E-state index in [-0.39, 0.29) is 18.9 Å². The topological polar surface area (TPSA) is 86.7 Å². The van der Waals surface area contributed by atoms with E-state index in [1.807, 2.05) is 30.3 Å². The van der Waals surface area contributed by atoms with Gasteiger partial charge in [-0.1, -0.05) is 36.4 Å². The molecular formula is C15H16NO5S-. The molecule has 0 aromatic heterocycles. The molecule has 1 aromatic carbocycles. The van der Waals surface area contributed by atoms with Gasteiger partial charge in [0.1, 0.15) is 0 Å². The van der Waals surface area contributed by atoms with Crippen molar-refractivity contribution in [2.45, 2.75) is 19.3 Å². The van der Waals surface area contributed by atoms with E-state index >= 15 is 0 Å². The molecule has 0 spiro atoms. The Balaban J connectivity index is 2.32. The van der Waals surface area contributed by atoms with Crippen molar-refractivity contribution in [3.05, 3.63) is 48.2 Å². The summed E-state index contributed by atoms with van der Waals surface area (Å²) >= 11 is -2.70. The zero-order valence-electron chi connectivity index (χ0n) is 12.0. The highest BCUT2D eigenvalue weighted by Gasteiger charge is 2.36. The summed E-state index contributed by atoms with van der Waals surface area (Å²) in [5.74, 6) is -2.31. The second-order valence-electron chi connectivity index (χ2n) is 4.77. The molecule has 22 heavy (non-hydrogen) atoms. The van der Waals surface area contributed by atoms with Crippen LogP contribution >= 0.6 is 0 Å². The molecule has 0 radical (unpaired) electrons. The summed E-state index contributed by atoms with van der Waals surface area (Å²) in [5, 5.41) is 0. The normalized spacial score (nSPS) is 22.5. The lowest BCUT2D eigenvalue weighted by Crippen LogP contribution is -2.40. The Morgan fingerprint density at radius 2 is 2.05 bits per heavy atom. The van der Waals surface area contributed by atoms with Crippen LogP contribution in [0.2, 0.25) is 0 Å². The molecule has 1 amide bonds. The molecule has 0 saturated carbocycles. The molecular weight excluding hydrogens is 306 g/mol. The van der Waals surface area contributed by atoms with Crippen LogP contribution in [0.3, 0.4) is 0 Å². The van der Waals surface area contributed by atoms with E-state index in [4.69, 9.17) is 4.74 Å². The third-order valence-electron chi connectivity index (χ3n) is 3.43. The minimum atomic E-state index is -2.70. The summed E-state index contributed by atoms with van der Waals surface area (Å²) in [5.41, 5.74) is 0.845. The summed E-state index contributed by atoms with van der Waals surface area (Å²) < 4.78 is 27.7. The summed E-state index contributed by atoms with van der Waals surface area (Å²) in [7, 11) is 0. The second-order valence-corrected chi connectivity index (χ2v) is 5.60. The van der Waals surface area contributed by atoms with Gasteiger partial charge in [-0.3, -0.25) is 13.8 Å². The third kappa shape index (κ3) is 3.61. The van der Waals surface area contributed by atoms with Gasteiger partial charge in [-0.15, -0.1) is 0 Å². The number of hydrogen-bond acceptors (Lipinski definition) is 5. The first-order chi connectivity index (χ1) is 10.5. The van der Waals surface area contributed by atoms with Crippen LogP contribution in [0.5, 0.6) is 0 Å². The van der Waals surface area contributed by atoms with Crippen LogP contribution in [-0.4, -0.2) is 31.6 Å². The molecule has 2 rings (SSSR count).